The highest BCUT2D eigenvalue weighted by Gasteiger charge is 2.15. The lowest BCUT2D eigenvalue weighted by Gasteiger charge is -2.07. The zero-order chi connectivity index (χ0) is 13.8. The summed E-state index contributed by atoms with van der Waals surface area (Å²) in [7, 11) is 1.72. The smallest absolute Gasteiger partial charge is 0.336 e. The van der Waals surface area contributed by atoms with Crippen LogP contribution < -0.4 is 10.9 Å². The van der Waals surface area contributed by atoms with Crippen molar-refractivity contribution in [1.29, 1.82) is 0 Å². The van der Waals surface area contributed by atoms with Gasteiger partial charge in [-0.05, 0) is 18.6 Å². The summed E-state index contributed by atoms with van der Waals surface area (Å²) in [6.07, 6.45) is 3.11. The van der Waals surface area contributed by atoms with E-state index < -0.39 is 0 Å². The summed E-state index contributed by atoms with van der Waals surface area (Å²) >= 11 is 0. The van der Waals surface area contributed by atoms with Gasteiger partial charge in [-0.3, -0.25) is 9.48 Å². The van der Waals surface area contributed by atoms with Crippen molar-refractivity contribution >= 4 is 16.9 Å². The highest BCUT2D eigenvalue weighted by Crippen LogP contribution is 2.08. The second-order valence-corrected chi connectivity index (χ2v) is 4.60. The van der Waals surface area contributed by atoms with Gasteiger partial charge in [0.05, 0.1) is 10.9 Å². The molecule has 0 bridgehead atoms. The quantitative estimate of drug-likeness (QED) is 0.857. The predicted molar refractivity (Wildman–Crippen MR) is 75.5 cm³/mol. The number of hydrogen-bond donors (Lipinski definition) is 1. The average Bonchev–Trinajstić information content (AvgIpc) is 2.68. The number of aryl methyl sites for hydroxylation is 1. The Morgan fingerprint density at radius 3 is 2.68 bits per heavy atom. The normalized spacial score (nSPS) is 10.8. The fraction of sp³-hybridized carbons (Fsp3) is 0.429. The van der Waals surface area contributed by atoms with Crippen molar-refractivity contribution in [2.45, 2.75) is 26.2 Å². The fourth-order valence-electron chi connectivity index (χ4n) is 2.17. The summed E-state index contributed by atoms with van der Waals surface area (Å²) in [6, 6.07) is 6.86. The van der Waals surface area contributed by atoms with Gasteiger partial charge in [0.25, 0.3) is 5.56 Å². The molecular formula is C14H19N3O2. The van der Waals surface area contributed by atoms with Gasteiger partial charge in [0.1, 0.15) is 0 Å². The minimum Gasteiger partial charge on any atom is -0.336 e. The molecule has 5 heteroatoms. The lowest BCUT2D eigenvalue weighted by atomic mass is 10.2. The van der Waals surface area contributed by atoms with Crippen molar-refractivity contribution in [2.75, 3.05) is 6.54 Å². The molecule has 2 aromatic rings. The number of hydrogen-bond acceptors (Lipinski definition) is 2. The van der Waals surface area contributed by atoms with E-state index in [1.807, 2.05) is 12.1 Å². The zero-order valence-electron chi connectivity index (χ0n) is 11.3. The molecule has 19 heavy (non-hydrogen) atoms. The summed E-state index contributed by atoms with van der Waals surface area (Å²) in [5.41, 5.74) is 0.488. The molecule has 0 aliphatic rings. The van der Waals surface area contributed by atoms with Gasteiger partial charge in [-0.25, -0.2) is 4.79 Å². The van der Waals surface area contributed by atoms with Crippen molar-refractivity contribution < 1.29 is 4.79 Å². The van der Waals surface area contributed by atoms with E-state index in [0.29, 0.717) is 11.9 Å². The van der Waals surface area contributed by atoms with Gasteiger partial charge >= 0.3 is 6.03 Å². The number of unbranched alkanes of at least 4 members (excludes halogenated alkanes) is 2. The summed E-state index contributed by atoms with van der Waals surface area (Å²) in [5.74, 6) is 0. The number of carbonyl (C=O) groups excluding carboxylic acids is 1. The molecule has 0 saturated carbocycles. The Labute approximate surface area is 111 Å². The van der Waals surface area contributed by atoms with Crippen LogP contribution in [-0.4, -0.2) is 21.9 Å². The lowest BCUT2D eigenvalue weighted by molar-refractivity contribution is 0.235. The summed E-state index contributed by atoms with van der Waals surface area (Å²) < 4.78 is 2.74. The van der Waals surface area contributed by atoms with E-state index in [4.69, 9.17) is 0 Å². The standard InChI is InChI=1S/C14H19N3O2/c1-3-4-7-10-15-14(19)17-13(18)11-8-5-6-9-12(11)16(17)2/h5-6,8-9H,3-4,7,10H2,1-2H3,(H,15,19). The molecule has 1 aromatic heterocycles. The van der Waals surface area contributed by atoms with Crippen LogP contribution in [0.5, 0.6) is 0 Å². The SMILES string of the molecule is CCCCCNC(=O)n1c(=O)c2ccccc2n1C. The third-order valence-electron chi connectivity index (χ3n) is 3.22. The van der Waals surface area contributed by atoms with Crippen molar-refractivity contribution in [2.24, 2.45) is 7.05 Å². The summed E-state index contributed by atoms with van der Waals surface area (Å²) in [5, 5.41) is 3.34. The van der Waals surface area contributed by atoms with Gasteiger partial charge < -0.3 is 5.32 Å². The van der Waals surface area contributed by atoms with Crippen LogP contribution >= 0.6 is 0 Å². The monoisotopic (exact) mass is 261 g/mol. The van der Waals surface area contributed by atoms with E-state index in [-0.39, 0.29) is 11.6 Å². The van der Waals surface area contributed by atoms with Gasteiger partial charge in [0.15, 0.2) is 0 Å². The van der Waals surface area contributed by atoms with Crippen molar-refractivity contribution in [3.63, 3.8) is 0 Å². The molecular weight excluding hydrogens is 242 g/mol. The maximum atomic E-state index is 12.2. The van der Waals surface area contributed by atoms with Gasteiger partial charge in [0, 0.05) is 13.6 Å². The molecule has 1 amide bonds. The Morgan fingerprint density at radius 1 is 1.26 bits per heavy atom. The number of para-hydroxylation sites is 1. The second kappa shape index (κ2) is 5.73. The maximum absolute atomic E-state index is 12.2. The van der Waals surface area contributed by atoms with Crippen LogP contribution in [-0.2, 0) is 7.05 Å². The van der Waals surface area contributed by atoms with Crippen LogP contribution in [0.3, 0.4) is 0 Å². The van der Waals surface area contributed by atoms with E-state index >= 15 is 0 Å². The van der Waals surface area contributed by atoms with Crippen LogP contribution in [0.1, 0.15) is 26.2 Å². The molecule has 0 fully saturated rings. The van der Waals surface area contributed by atoms with Gasteiger partial charge in [-0.2, -0.15) is 4.68 Å². The number of amides is 1. The number of fused-ring (bicyclic) bond motifs is 1. The average molecular weight is 261 g/mol. The predicted octanol–water partition coefficient (Wildman–Crippen LogP) is 2.09. The number of nitrogens with zero attached hydrogens (tertiary/aromatic N) is 2. The minimum absolute atomic E-state index is 0.272. The Hall–Kier alpha value is -2.04. The molecule has 0 saturated heterocycles. The fourth-order valence-corrected chi connectivity index (χ4v) is 2.17. The Morgan fingerprint density at radius 2 is 2.00 bits per heavy atom. The molecule has 0 radical (unpaired) electrons. The van der Waals surface area contributed by atoms with E-state index in [1.165, 1.54) is 0 Å². The highest BCUT2D eigenvalue weighted by atomic mass is 16.2. The minimum atomic E-state index is -0.361. The number of nitrogens with one attached hydrogen (secondary N) is 1. The summed E-state index contributed by atoms with van der Waals surface area (Å²) in [4.78, 5) is 24.2. The highest BCUT2D eigenvalue weighted by molar-refractivity contribution is 5.84. The second-order valence-electron chi connectivity index (χ2n) is 4.60. The van der Waals surface area contributed by atoms with Crippen LogP contribution in [0.4, 0.5) is 4.79 Å². The van der Waals surface area contributed by atoms with Gasteiger partial charge in [-0.1, -0.05) is 31.9 Å². The molecule has 102 valence electrons. The molecule has 1 N–H and O–H groups in total. The molecule has 2 rings (SSSR count). The molecule has 1 aromatic carbocycles. The molecule has 1 heterocycles. The summed E-state index contributed by atoms with van der Waals surface area (Å²) in [6.45, 7) is 2.71. The number of benzene rings is 1. The first kappa shape index (κ1) is 13.4. The van der Waals surface area contributed by atoms with Crippen LogP contribution in [0.15, 0.2) is 29.1 Å². The Balaban J connectivity index is 2.25. The third kappa shape index (κ3) is 2.54. The van der Waals surface area contributed by atoms with Gasteiger partial charge in [0.2, 0.25) is 0 Å². The number of aromatic nitrogens is 2. The van der Waals surface area contributed by atoms with Gasteiger partial charge in [-0.15, -0.1) is 0 Å². The topological polar surface area (TPSA) is 56.0 Å². The molecule has 0 atom stereocenters. The zero-order valence-corrected chi connectivity index (χ0v) is 11.3. The first-order chi connectivity index (χ1) is 9.16. The molecule has 5 nitrogen and oxygen atoms in total. The van der Waals surface area contributed by atoms with E-state index in [2.05, 4.69) is 12.2 Å². The van der Waals surface area contributed by atoms with Crippen LogP contribution in [0.25, 0.3) is 10.9 Å². The molecule has 0 spiro atoms. The lowest BCUT2D eigenvalue weighted by Crippen LogP contribution is -2.38. The molecule has 0 aliphatic carbocycles. The molecule has 0 aliphatic heterocycles. The number of rotatable bonds is 4. The van der Waals surface area contributed by atoms with E-state index in [9.17, 15) is 9.59 Å². The first-order valence-electron chi connectivity index (χ1n) is 6.61. The maximum Gasteiger partial charge on any atom is 0.343 e. The van der Waals surface area contributed by atoms with E-state index in [1.54, 1.807) is 23.9 Å². The Kier molecular flexibility index (Phi) is 4.04. The van der Waals surface area contributed by atoms with Crippen molar-refractivity contribution in [3.05, 3.63) is 34.6 Å². The van der Waals surface area contributed by atoms with Crippen molar-refractivity contribution in [1.82, 2.24) is 14.7 Å². The van der Waals surface area contributed by atoms with Crippen molar-refractivity contribution in [3.8, 4) is 0 Å². The third-order valence-corrected chi connectivity index (χ3v) is 3.22. The van der Waals surface area contributed by atoms with Crippen LogP contribution in [0.2, 0.25) is 0 Å². The Bertz CT molecular complexity index is 640. The van der Waals surface area contributed by atoms with Crippen LogP contribution in [0, 0.1) is 0 Å². The largest absolute Gasteiger partial charge is 0.343 e. The molecule has 0 unspecified atom stereocenters. The first-order valence-corrected chi connectivity index (χ1v) is 6.61. The van der Waals surface area contributed by atoms with E-state index in [0.717, 1.165) is 29.5 Å². The number of carbonyl (C=O) groups is 1.